The fourth-order valence-corrected chi connectivity index (χ4v) is 2.07. The zero-order valence-electron chi connectivity index (χ0n) is 8.53. The van der Waals surface area contributed by atoms with Crippen molar-refractivity contribution in [3.63, 3.8) is 0 Å². The second kappa shape index (κ2) is 3.97. The molecule has 0 radical (unpaired) electrons. The third kappa shape index (κ3) is 1.73. The van der Waals surface area contributed by atoms with Crippen molar-refractivity contribution in [3.05, 3.63) is 41.0 Å². The first-order chi connectivity index (χ1) is 6.81. The first-order valence-electron chi connectivity index (χ1n) is 5.20. The van der Waals surface area contributed by atoms with Gasteiger partial charge in [0.2, 0.25) is 0 Å². The predicted octanol–water partition coefficient (Wildman–Crippen LogP) is 2.96. The first kappa shape index (κ1) is 9.47. The van der Waals surface area contributed by atoms with Crippen LogP contribution in [0.1, 0.15) is 36.8 Å². The van der Waals surface area contributed by atoms with E-state index in [4.69, 9.17) is 5.11 Å². The highest BCUT2D eigenvalue weighted by molar-refractivity contribution is 5.58. The Bertz CT molecular complexity index is 352. The molecule has 0 spiro atoms. The number of benzene rings is 1. The van der Waals surface area contributed by atoms with E-state index in [-0.39, 0.29) is 6.61 Å². The number of rotatable bonds is 1. The molecule has 0 fully saturated rings. The van der Waals surface area contributed by atoms with Gasteiger partial charge in [0.1, 0.15) is 0 Å². The average Bonchev–Trinajstić information content (AvgIpc) is 2.39. The number of fused-ring (bicyclic) bond motifs is 1. The van der Waals surface area contributed by atoms with Crippen molar-refractivity contribution in [2.24, 2.45) is 0 Å². The lowest BCUT2D eigenvalue weighted by molar-refractivity contribution is 0.326. The van der Waals surface area contributed by atoms with Gasteiger partial charge in [0, 0.05) is 0 Å². The minimum Gasteiger partial charge on any atom is -0.392 e. The van der Waals surface area contributed by atoms with Crippen LogP contribution in [0.5, 0.6) is 0 Å². The second-order valence-corrected chi connectivity index (χ2v) is 4.03. The molecule has 1 heteroatoms. The van der Waals surface area contributed by atoms with Gasteiger partial charge < -0.3 is 5.11 Å². The molecule has 0 aromatic heterocycles. The third-order valence-corrected chi connectivity index (χ3v) is 2.99. The summed E-state index contributed by atoms with van der Waals surface area (Å²) in [5.41, 5.74) is 3.85. The summed E-state index contributed by atoms with van der Waals surface area (Å²) in [6.07, 6.45) is 4.30. The monoisotopic (exact) mass is 188 g/mol. The Labute approximate surface area is 85.1 Å². The van der Waals surface area contributed by atoms with Gasteiger partial charge in [0.15, 0.2) is 0 Å². The average molecular weight is 188 g/mol. The highest BCUT2D eigenvalue weighted by atomic mass is 16.3. The van der Waals surface area contributed by atoms with Gasteiger partial charge in [-0.3, -0.25) is 0 Å². The van der Waals surface area contributed by atoms with Crippen molar-refractivity contribution >= 4 is 6.08 Å². The van der Waals surface area contributed by atoms with Crippen LogP contribution in [0.2, 0.25) is 0 Å². The Morgan fingerprint density at radius 1 is 1.36 bits per heavy atom. The van der Waals surface area contributed by atoms with Crippen molar-refractivity contribution < 1.29 is 5.11 Å². The number of hydrogen-bond donors (Lipinski definition) is 1. The van der Waals surface area contributed by atoms with E-state index >= 15 is 0 Å². The van der Waals surface area contributed by atoms with Crippen molar-refractivity contribution in [2.45, 2.75) is 25.7 Å². The van der Waals surface area contributed by atoms with Crippen molar-refractivity contribution in [2.75, 3.05) is 6.61 Å². The van der Waals surface area contributed by atoms with Crippen LogP contribution >= 0.6 is 0 Å². The molecule has 0 amide bonds. The molecule has 1 N–H and O–H groups in total. The summed E-state index contributed by atoms with van der Waals surface area (Å²) in [6.45, 7) is 2.45. The lowest BCUT2D eigenvalue weighted by Crippen LogP contribution is -1.94. The Kier molecular flexibility index (Phi) is 2.69. The summed E-state index contributed by atoms with van der Waals surface area (Å²) in [4.78, 5) is 0. The van der Waals surface area contributed by atoms with E-state index in [0.717, 1.165) is 18.4 Å². The second-order valence-electron chi connectivity index (χ2n) is 4.03. The molecule has 1 unspecified atom stereocenters. The van der Waals surface area contributed by atoms with Gasteiger partial charge in [0.05, 0.1) is 6.61 Å². The Morgan fingerprint density at radius 3 is 2.93 bits per heavy atom. The normalized spacial score (nSPS) is 21.0. The Balaban J connectivity index is 2.45. The molecule has 0 bridgehead atoms. The molecule has 0 aliphatic heterocycles. The molecule has 1 nitrogen and oxygen atoms in total. The van der Waals surface area contributed by atoms with Crippen LogP contribution in [-0.2, 0) is 0 Å². The smallest absolute Gasteiger partial charge is 0.0645 e. The summed E-state index contributed by atoms with van der Waals surface area (Å²) in [5, 5.41) is 9.16. The zero-order valence-corrected chi connectivity index (χ0v) is 8.53. The molecule has 74 valence electrons. The first-order valence-corrected chi connectivity index (χ1v) is 5.20. The molecule has 0 saturated heterocycles. The number of hydrogen-bond acceptors (Lipinski definition) is 1. The molecule has 0 saturated carbocycles. The highest BCUT2D eigenvalue weighted by Gasteiger charge is 2.13. The van der Waals surface area contributed by atoms with E-state index in [1.165, 1.54) is 11.1 Å². The molecular weight excluding hydrogens is 172 g/mol. The van der Waals surface area contributed by atoms with Gasteiger partial charge in [-0.15, -0.1) is 0 Å². The van der Waals surface area contributed by atoms with Crippen LogP contribution in [-0.4, -0.2) is 11.7 Å². The Hall–Kier alpha value is -1.08. The van der Waals surface area contributed by atoms with E-state index in [1.54, 1.807) is 0 Å². The maximum absolute atomic E-state index is 9.16. The SMILES string of the molecule is CC1CCC(CO)=Cc2ccccc21. The van der Waals surface area contributed by atoms with E-state index in [2.05, 4.69) is 37.3 Å². The molecule has 1 aromatic rings. The number of aliphatic hydroxyl groups excluding tert-OH is 1. The van der Waals surface area contributed by atoms with Gasteiger partial charge in [-0.2, -0.15) is 0 Å². The van der Waals surface area contributed by atoms with E-state index < -0.39 is 0 Å². The van der Waals surface area contributed by atoms with Crippen LogP contribution in [0.3, 0.4) is 0 Å². The summed E-state index contributed by atoms with van der Waals surface area (Å²) in [6, 6.07) is 8.47. The van der Waals surface area contributed by atoms with Crippen LogP contribution < -0.4 is 0 Å². The lowest BCUT2D eigenvalue weighted by atomic mass is 9.94. The van der Waals surface area contributed by atoms with Crippen LogP contribution in [0.15, 0.2) is 29.8 Å². The quantitative estimate of drug-likeness (QED) is 0.718. The predicted molar refractivity (Wildman–Crippen MR) is 59.2 cm³/mol. The van der Waals surface area contributed by atoms with Crippen LogP contribution in [0, 0.1) is 0 Å². The third-order valence-electron chi connectivity index (χ3n) is 2.99. The molecule has 2 rings (SSSR count). The van der Waals surface area contributed by atoms with Gasteiger partial charge in [-0.05, 0) is 35.5 Å². The van der Waals surface area contributed by atoms with Gasteiger partial charge in [0.25, 0.3) is 0 Å². The maximum atomic E-state index is 9.16. The van der Waals surface area contributed by atoms with Gasteiger partial charge >= 0.3 is 0 Å². The highest BCUT2D eigenvalue weighted by Crippen LogP contribution is 2.30. The molecule has 14 heavy (non-hydrogen) atoms. The largest absolute Gasteiger partial charge is 0.392 e. The molecule has 1 aromatic carbocycles. The van der Waals surface area contributed by atoms with Crippen LogP contribution in [0.25, 0.3) is 6.08 Å². The van der Waals surface area contributed by atoms with Crippen molar-refractivity contribution in [3.8, 4) is 0 Å². The summed E-state index contributed by atoms with van der Waals surface area (Å²) in [7, 11) is 0. The van der Waals surface area contributed by atoms with Gasteiger partial charge in [-0.1, -0.05) is 37.3 Å². The minimum absolute atomic E-state index is 0.195. The summed E-state index contributed by atoms with van der Waals surface area (Å²) < 4.78 is 0. The molecular formula is C13H16O. The summed E-state index contributed by atoms with van der Waals surface area (Å²) >= 11 is 0. The fourth-order valence-electron chi connectivity index (χ4n) is 2.07. The van der Waals surface area contributed by atoms with Crippen molar-refractivity contribution in [1.29, 1.82) is 0 Å². The van der Waals surface area contributed by atoms with Crippen LogP contribution in [0.4, 0.5) is 0 Å². The maximum Gasteiger partial charge on any atom is 0.0645 e. The standard InChI is InChI=1S/C13H16O/c1-10-6-7-11(9-14)8-12-4-2-3-5-13(10)12/h2-5,8,10,14H,6-7,9H2,1H3. The molecule has 0 heterocycles. The topological polar surface area (TPSA) is 20.2 Å². The minimum atomic E-state index is 0.195. The lowest BCUT2D eigenvalue weighted by Gasteiger charge is -2.10. The van der Waals surface area contributed by atoms with E-state index in [9.17, 15) is 0 Å². The number of aliphatic hydroxyl groups is 1. The molecule has 1 aliphatic rings. The summed E-state index contributed by atoms with van der Waals surface area (Å²) in [5.74, 6) is 0.603. The molecule has 1 atom stereocenters. The van der Waals surface area contributed by atoms with Gasteiger partial charge in [-0.25, -0.2) is 0 Å². The van der Waals surface area contributed by atoms with Crippen molar-refractivity contribution in [1.82, 2.24) is 0 Å². The van der Waals surface area contributed by atoms with E-state index in [1.807, 2.05) is 0 Å². The fraction of sp³-hybridized carbons (Fsp3) is 0.385. The Morgan fingerprint density at radius 2 is 2.14 bits per heavy atom. The van der Waals surface area contributed by atoms with E-state index in [0.29, 0.717) is 5.92 Å². The zero-order chi connectivity index (χ0) is 9.97. The molecule has 1 aliphatic carbocycles.